The Balaban J connectivity index is 2.53. The SMILES string of the molecule is CCCNC(COc1ccccc1Cl)C(C)CC. The van der Waals surface area contributed by atoms with E-state index in [1.165, 1.54) is 0 Å². The second-order valence-electron chi connectivity index (χ2n) is 4.69. The summed E-state index contributed by atoms with van der Waals surface area (Å²) in [6, 6.07) is 8.01. The molecule has 1 aromatic carbocycles. The van der Waals surface area contributed by atoms with Crippen molar-refractivity contribution in [2.45, 2.75) is 39.7 Å². The molecule has 0 heterocycles. The van der Waals surface area contributed by atoms with Gasteiger partial charge in [-0.2, -0.15) is 0 Å². The highest BCUT2D eigenvalue weighted by atomic mass is 35.5. The normalized spacial score (nSPS) is 14.2. The van der Waals surface area contributed by atoms with Crippen molar-refractivity contribution in [2.24, 2.45) is 5.92 Å². The monoisotopic (exact) mass is 269 g/mol. The minimum atomic E-state index is 0.381. The Kier molecular flexibility index (Phi) is 7.14. The van der Waals surface area contributed by atoms with Crippen LogP contribution >= 0.6 is 11.6 Å². The topological polar surface area (TPSA) is 21.3 Å². The van der Waals surface area contributed by atoms with Gasteiger partial charge in [0, 0.05) is 6.04 Å². The summed E-state index contributed by atoms with van der Waals surface area (Å²) in [6.45, 7) is 8.33. The van der Waals surface area contributed by atoms with E-state index in [4.69, 9.17) is 16.3 Å². The quantitative estimate of drug-likeness (QED) is 0.766. The van der Waals surface area contributed by atoms with Crippen molar-refractivity contribution in [1.82, 2.24) is 5.32 Å². The zero-order valence-corrected chi connectivity index (χ0v) is 12.3. The van der Waals surface area contributed by atoms with Gasteiger partial charge in [0.2, 0.25) is 0 Å². The zero-order valence-electron chi connectivity index (χ0n) is 11.6. The minimum Gasteiger partial charge on any atom is -0.490 e. The predicted molar refractivity (Wildman–Crippen MR) is 78.5 cm³/mol. The summed E-state index contributed by atoms with van der Waals surface area (Å²) in [5.41, 5.74) is 0. The van der Waals surface area contributed by atoms with E-state index in [-0.39, 0.29) is 0 Å². The molecule has 1 rings (SSSR count). The van der Waals surface area contributed by atoms with Crippen molar-refractivity contribution in [3.63, 3.8) is 0 Å². The molecule has 2 nitrogen and oxygen atoms in total. The van der Waals surface area contributed by atoms with Gasteiger partial charge in [0.25, 0.3) is 0 Å². The van der Waals surface area contributed by atoms with E-state index in [1.807, 2.05) is 24.3 Å². The molecule has 102 valence electrons. The van der Waals surface area contributed by atoms with Crippen LogP contribution in [0.3, 0.4) is 0 Å². The van der Waals surface area contributed by atoms with E-state index < -0.39 is 0 Å². The Morgan fingerprint density at radius 2 is 2.00 bits per heavy atom. The molecule has 1 N–H and O–H groups in total. The third-order valence-electron chi connectivity index (χ3n) is 3.24. The molecule has 1 aromatic rings. The Morgan fingerprint density at radius 3 is 2.61 bits per heavy atom. The van der Waals surface area contributed by atoms with Crippen molar-refractivity contribution >= 4 is 11.6 Å². The summed E-state index contributed by atoms with van der Waals surface area (Å²) in [4.78, 5) is 0. The van der Waals surface area contributed by atoms with Crippen LogP contribution in [0.15, 0.2) is 24.3 Å². The largest absolute Gasteiger partial charge is 0.490 e. The molecule has 0 radical (unpaired) electrons. The summed E-state index contributed by atoms with van der Waals surface area (Å²) in [7, 11) is 0. The van der Waals surface area contributed by atoms with Crippen LogP contribution in [0.4, 0.5) is 0 Å². The molecule has 0 bridgehead atoms. The van der Waals surface area contributed by atoms with Crippen LogP contribution in [0.25, 0.3) is 0 Å². The van der Waals surface area contributed by atoms with Gasteiger partial charge in [0.15, 0.2) is 0 Å². The van der Waals surface area contributed by atoms with Crippen LogP contribution in [0.1, 0.15) is 33.6 Å². The van der Waals surface area contributed by atoms with Crippen LogP contribution < -0.4 is 10.1 Å². The number of ether oxygens (including phenoxy) is 1. The first-order valence-corrected chi connectivity index (χ1v) is 7.17. The minimum absolute atomic E-state index is 0.381. The first kappa shape index (κ1) is 15.3. The smallest absolute Gasteiger partial charge is 0.137 e. The standard InChI is InChI=1S/C15H24ClNO/c1-4-10-17-14(12(3)5-2)11-18-15-9-7-6-8-13(15)16/h6-9,12,14,17H,4-5,10-11H2,1-3H3. The van der Waals surface area contributed by atoms with E-state index >= 15 is 0 Å². The molecule has 0 amide bonds. The summed E-state index contributed by atoms with van der Waals surface area (Å²) in [5, 5.41) is 4.22. The second-order valence-corrected chi connectivity index (χ2v) is 5.09. The molecule has 18 heavy (non-hydrogen) atoms. The van der Waals surface area contributed by atoms with Gasteiger partial charge >= 0.3 is 0 Å². The molecule has 0 spiro atoms. The Bertz CT molecular complexity index is 343. The molecule has 0 aromatic heterocycles. The fourth-order valence-electron chi connectivity index (χ4n) is 1.78. The molecule has 0 fully saturated rings. The Morgan fingerprint density at radius 1 is 1.28 bits per heavy atom. The molecule has 3 heteroatoms. The van der Waals surface area contributed by atoms with Crippen molar-refractivity contribution in [2.75, 3.05) is 13.2 Å². The summed E-state index contributed by atoms with van der Waals surface area (Å²) in [6.07, 6.45) is 2.28. The van der Waals surface area contributed by atoms with Gasteiger partial charge in [-0.3, -0.25) is 0 Å². The van der Waals surface area contributed by atoms with Crippen molar-refractivity contribution in [1.29, 1.82) is 0 Å². The maximum absolute atomic E-state index is 6.08. The fraction of sp³-hybridized carbons (Fsp3) is 0.600. The van der Waals surface area contributed by atoms with Gasteiger partial charge in [0.1, 0.15) is 12.4 Å². The van der Waals surface area contributed by atoms with Crippen molar-refractivity contribution in [3.05, 3.63) is 29.3 Å². The van der Waals surface area contributed by atoms with E-state index in [9.17, 15) is 0 Å². The average Bonchev–Trinajstić information content (AvgIpc) is 2.40. The first-order valence-electron chi connectivity index (χ1n) is 6.79. The third kappa shape index (κ3) is 4.87. The Labute approximate surface area is 116 Å². The van der Waals surface area contributed by atoms with Crippen molar-refractivity contribution in [3.8, 4) is 5.75 Å². The first-order chi connectivity index (χ1) is 8.69. The highest BCUT2D eigenvalue weighted by molar-refractivity contribution is 6.32. The van der Waals surface area contributed by atoms with E-state index in [0.29, 0.717) is 23.6 Å². The lowest BCUT2D eigenvalue weighted by Crippen LogP contribution is -2.40. The molecular weight excluding hydrogens is 246 g/mol. The predicted octanol–water partition coefficient (Wildman–Crippen LogP) is 4.13. The van der Waals surface area contributed by atoms with Crippen LogP contribution in [0.2, 0.25) is 5.02 Å². The lowest BCUT2D eigenvalue weighted by Gasteiger charge is -2.24. The molecule has 2 atom stereocenters. The van der Waals surface area contributed by atoms with E-state index in [1.54, 1.807) is 0 Å². The van der Waals surface area contributed by atoms with Gasteiger partial charge in [0.05, 0.1) is 5.02 Å². The number of rotatable bonds is 8. The highest BCUT2D eigenvalue weighted by Crippen LogP contribution is 2.23. The number of benzene rings is 1. The van der Waals surface area contributed by atoms with Gasteiger partial charge < -0.3 is 10.1 Å². The zero-order chi connectivity index (χ0) is 13.4. The fourth-order valence-corrected chi connectivity index (χ4v) is 1.97. The summed E-state index contributed by atoms with van der Waals surface area (Å²) in [5.74, 6) is 1.37. The second kappa shape index (κ2) is 8.39. The molecule has 2 unspecified atom stereocenters. The maximum atomic E-state index is 6.08. The highest BCUT2D eigenvalue weighted by Gasteiger charge is 2.16. The summed E-state index contributed by atoms with van der Waals surface area (Å²) < 4.78 is 5.82. The number of para-hydroxylation sites is 1. The van der Waals surface area contributed by atoms with Crippen LogP contribution in [-0.4, -0.2) is 19.2 Å². The maximum Gasteiger partial charge on any atom is 0.137 e. The average molecular weight is 270 g/mol. The third-order valence-corrected chi connectivity index (χ3v) is 3.55. The van der Waals surface area contributed by atoms with Crippen LogP contribution in [-0.2, 0) is 0 Å². The molecule has 0 aliphatic heterocycles. The molecule has 0 aliphatic carbocycles. The van der Waals surface area contributed by atoms with Gasteiger partial charge in [-0.1, -0.05) is 50.9 Å². The van der Waals surface area contributed by atoms with Crippen molar-refractivity contribution < 1.29 is 4.74 Å². The number of hydrogen-bond donors (Lipinski definition) is 1. The van der Waals surface area contributed by atoms with Gasteiger partial charge in [-0.15, -0.1) is 0 Å². The molecule has 0 aliphatic rings. The number of nitrogens with one attached hydrogen (secondary N) is 1. The van der Waals surface area contributed by atoms with E-state index in [0.717, 1.165) is 25.1 Å². The summed E-state index contributed by atoms with van der Waals surface area (Å²) >= 11 is 6.08. The van der Waals surface area contributed by atoms with Gasteiger partial charge in [-0.25, -0.2) is 0 Å². The Hall–Kier alpha value is -0.730. The lowest BCUT2D eigenvalue weighted by molar-refractivity contribution is 0.221. The lowest BCUT2D eigenvalue weighted by atomic mass is 10.00. The van der Waals surface area contributed by atoms with Crippen LogP contribution in [0, 0.1) is 5.92 Å². The molecule has 0 saturated carbocycles. The molecule has 0 saturated heterocycles. The van der Waals surface area contributed by atoms with Crippen LogP contribution in [0.5, 0.6) is 5.75 Å². The number of hydrogen-bond acceptors (Lipinski definition) is 2. The number of halogens is 1. The van der Waals surface area contributed by atoms with Gasteiger partial charge in [-0.05, 0) is 31.0 Å². The molecular formula is C15H24ClNO. The van der Waals surface area contributed by atoms with E-state index in [2.05, 4.69) is 26.1 Å².